The Morgan fingerprint density at radius 2 is 1.61 bits per heavy atom. The molecular weight excluding hydrogens is 290 g/mol. The van der Waals surface area contributed by atoms with Gasteiger partial charge in [-0.05, 0) is 24.7 Å². The molecule has 0 aromatic rings. The summed E-state index contributed by atoms with van der Waals surface area (Å²) in [5.74, 6) is -1.25. The Morgan fingerprint density at radius 1 is 1.09 bits per heavy atom. The van der Waals surface area contributed by atoms with Gasteiger partial charge in [0.15, 0.2) is 0 Å². The van der Waals surface area contributed by atoms with E-state index in [-0.39, 0.29) is 22.9 Å². The zero-order valence-corrected chi connectivity index (χ0v) is 15.0. The maximum absolute atomic E-state index is 12.0. The van der Waals surface area contributed by atoms with Crippen molar-refractivity contribution in [3.63, 3.8) is 0 Å². The number of allylic oxidation sites excluding steroid dienone is 1. The van der Waals surface area contributed by atoms with Gasteiger partial charge in [-0.2, -0.15) is 0 Å². The summed E-state index contributed by atoms with van der Waals surface area (Å²) in [6.07, 6.45) is 13.0. The number of carbonyl (C=O) groups excluding carboxylic acids is 1. The minimum absolute atomic E-state index is 0.0193. The summed E-state index contributed by atoms with van der Waals surface area (Å²) in [4.78, 5) is 23.2. The van der Waals surface area contributed by atoms with E-state index in [1.54, 1.807) is 6.08 Å². The lowest BCUT2D eigenvalue weighted by Gasteiger charge is -2.07. The van der Waals surface area contributed by atoms with Crippen molar-refractivity contribution in [1.29, 1.82) is 0 Å². The smallest absolute Gasteiger partial charge is 0.352 e. The van der Waals surface area contributed by atoms with Gasteiger partial charge >= 0.3 is 5.97 Å². The van der Waals surface area contributed by atoms with E-state index in [9.17, 15) is 14.7 Å². The maximum atomic E-state index is 12.0. The fourth-order valence-electron chi connectivity index (χ4n) is 2.85. The summed E-state index contributed by atoms with van der Waals surface area (Å²) in [5, 5.41) is 11.8. The van der Waals surface area contributed by atoms with E-state index in [4.69, 9.17) is 0 Å². The van der Waals surface area contributed by atoms with Crippen LogP contribution in [0.15, 0.2) is 11.8 Å². The molecule has 0 bridgehead atoms. The minimum atomic E-state index is -1.05. The Hall–Kier alpha value is -1.32. The average Bonchev–Trinajstić information content (AvgIpc) is 3.13. The second-order valence-corrected chi connectivity index (χ2v) is 7.42. The first-order valence-corrected chi connectivity index (χ1v) is 9.13. The van der Waals surface area contributed by atoms with Crippen molar-refractivity contribution in [3.8, 4) is 0 Å². The number of carbonyl (C=O) groups is 2. The molecule has 0 heterocycles. The highest BCUT2D eigenvalue weighted by molar-refractivity contribution is 5.94. The number of nitrogens with one attached hydrogen (secondary N) is 1. The van der Waals surface area contributed by atoms with E-state index in [1.165, 1.54) is 38.5 Å². The predicted octanol–water partition coefficient (Wildman–Crippen LogP) is 4.65. The molecule has 23 heavy (non-hydrogen) atoms. The molecule has 0 saturated heterocycles. The molecule has 0 spiro atoms. The SMILES string of the molecule is CCCCCCCCCCC=C(NC(=O)C1CC1(C)C)C(=O)O. The fourth-order valence-corrected chi connectivity index (χ4v) is 2.85. The van der Waals surface area contributed by atoms with Gasteiger partial charge in [-0.1, -0.05) is 71.8 Å². The third kappa shape index (κ3) is 7.67. The molecular formula is C19H33NO3. The van der Waals surface area contributed by atoms with Crippen molar-refractivity contribution in [2.45, 2.75) is 85.0 Å². The molecule has 0 aromatic heterocycles. The van der Waals surface area contributed by atoms with E-state index in [0.717, 1.165) is 19.3 Å². The maximum Gasteiger partial charge on any atom is 0.352 e. The van der Waals surface area contributed by atoms with Crippen LogP contribution in [0, 0.1) is 11.3 Å². The third-order valence-electron chi connectivity index (χ3n) is 4.72. The van der Waals surface area contributed by atoms with Crippen LogP contribution in [-0.4, -0.2) is 17.0 Å². The first-order valence-electron chi connectivity index (χ1n) is 9.13. The number of hydrogen-bond donors (Lipinski definition) is 2. The first kappa shape index (κ1) is 19.7. The largest absolute Gasteiger partial charge is 0.477 e. The molecule has 1 saturated carbocycles. The highest BCUT2D eigenvalue weighted by atomic mass is 16.4. The fraction of sp³-hybridized carbons (Fsp3) is 0.789. The van der Waals surface area contributed by atoms with Gasteiger partial charge in [-0.25, -0.2) is 4.79 Å². The van der Waals surface area contributed by atoms with E-state index in [2.05, 4.69) is 12.2 Å². The van der Waals surface area contributed by atoms with Crippen molar-refractivity contribution in [3.05, 3.63) is 11.8 Å². The Morgan fingerprint density at radius 3 is 2.09 bits per heavy atom. The van der Waals surface area contributed by atoms with Gasteiger partial charge in [0.1, 0.15) is 5.70 Å². The van der Waals surface area contributed by atoms with Crippen LogP contribution in [0.4, 0.5) is 0 Å². The Labute approximate surface area is 140 Å². The molecule has 1 fully saturated rings. The van der Waals surface area contributed by atoms with Gasteiger partial charge in [0, 0.05) is 5.92 Å². The van der Waals surface area contributed by atoms with Crippen molar-refractivity contribution < 1.29 is 14.7 Å². The van der Waals surface area contributed by atoms with E-state index < -0.39 is 5.97 Å². The molecule has 4 heteroatoms. The van der Waals surface area contributed by atoms with Crippen LogP contribution in [0.25, 0.3) is 0 Å². The lowest BCUT2D eigenvalue weighted by atomic mass is 10.1. The van der Waals surface area contributed by atoms with Gasteiger partial charge in [0.05, 0.1) is 0 Å². The summed E-state index contributed by atoms with van der Waals surface area (Å²) in [5.41, 5.74) is 0.0616. The lowest BCUT2D eigenvalue weighted by molar-refractivity contribution is -0.135. The molecule has 0 aliphatic heterocycles. The molecule has 0 radical (unpaired) electrons. The van der Waals surface area contributed by atoms with Crippen LogP contribution in [0.2, 0.25) is 0 Å². The average molecular weight is 323 g/mol. The van der Waals surface area contributed by atoms with E-state index in [0.29, 0.717) is 6.42 Å². The topological polar surface area (TPSA) is 66.4 Å². The molecule has 1 rings (SSSR count). The number of hydrogen-bond acceptors (Lipinski definition) is 2. The van der Waals surface area contributed by atoms with Gasteiger partial charge in [0.2, 0.25) is 5.91 Å². The molecule has 132 valence electrons. The van der Waals surface area contributed by atoms with Crippen LogP contribution in [0.1, 0.15) is 85.0 Å². The minimum Gasteiger partial charge on any atom is -0.477 e. The number of carboxylic acids is 1. The molecule has 1 amide bonds. The second kappa shape index (κ2) is 9.74. The number of unbranched alkanes of at least 4 members (excludes halogenated alkanes) is 8. The Balaban J connectivity index is 2.20. The van der Waals surface area contributed by atoms with Crippen molar-refractivity contribution in [2.24, 2.45) is 11.3 Å². The number of amides is 1. The molecule has 4 nitrogen and oxygen atoms in total. The van der Waals surface area contributed by atoms with Crippen LogP contribution in [0.5, 0.6) is 0 Å². The summed E-state index contributed by atoms with van der Waals surface area (Å²) < 4.78 is 0. The first-order chi connectivity index (χ1) is 10.9. The molecule has 1 unspecified atom stereocenters. The zero-order chi connectivity index (χ0) is 17.3. The zero-order valence-electron chi connectivity index (χ0n) is 15.0. The third-order valence-corrected chi connectivity index (χ3v) is 4.72. The highest BCUT2D eigenvalue weighted by Crippen LogP contribution is 2.51. The van der Waals surface area contributed by atoms with Crippen LogP contribution >= 0.6 is 0 Å². The summed E-state index contributed by atoms with van der Waals surface area (Å²) in [6, 6.07) is 0. The van der Waals surface area contributed by atoms with Gasteiger partial charge in [0.25, 0.3) is 0 Å². The number of carboxylic acid groups (broad SMARTS) is 1. The van der Waals surface area contributed by atoms with Gasteiger partial charge in [-0.3, -0.25) is 4.79 Å². The molecule has 0 aromatic carbocycles. The molecule has 1 aliphatic rings. The van der Waals surface area contributed by atoms with Crippen LogP contribution in [0.3, 0.4) is 0 Å². The quantitative estimate of drug-likeness (QED) is 0.406. The molecule has 1 atom stereocenters. The second-order valence-electron chi connectivity index (χ2n) is 7.42. The highest BCUT2D eigenvalue weighted by Gasteiger charge is 2.50. The standard InChI is InChI=1S/C19H33NO3/c1-4-5-6-7-8-9-10-11-12-13-16(18(22)23)20-17(21)15-14-19(15,2)3/h13,15H,4-12,14H2,1-3H3,(H,20,21)(H,22,23). The number of aliphatic carboxylic acids is 1. The van der Waals surface area contributed by atoms with Gasteiger partial charge in [-0.15, -0.1) is 0 Å². The predicted molar refractivity (Wildman–Crippen MR) is 93.0 cm³/mol. The Kier molecular flexibility index (Phi) is 8.35. The summed E-state index contributed by atoms with van der Waals surface area (Å²) >= 11 is 0. The van der Waals surface area contributed by atoms with Crippen molar-refractivity contribution >= 4 is 11.9 Å². The summed E-state index contributed by atoms with van der Waals surface area (Å²) in [7, 11) is 0. The van der Waals surface area contributed by atoms with Crippen LogP contribution in [-0.2, 0) is 9.59 Å². The van der Waals surface area contributed by atoms with E-state index in [1.807, 2.05) is 13.8 Å². The van der Waals surface area contributed by atoms with Crippen molar-refractivity contribution in [1.82, 2.24) is 5.32 Å². The molecule has 1 aliphatic carbocycles. The lowest BCUT2D eigenvalue weighted by Crippen LogP contribution is -2.29. The molecule has 2 N–H and O–H groups in total. The van der Waals surface area contributed by atoms with Crippen molar-refractivity contribution in [2.75, 3.05) is 0 Å². The number of rotatable bonds is 12. The monoisotopic (exact) mass is 323 g/mol. The van der Waals surface area contributed by atoms with Gasteiger partial charge < -0.3 is 10.4 Å². The summed E-state index contributed by atoms with van der Waals surface area (Å²) in [6.45, 7) is 6.28. The van der Waals surface area contributed by atoms with E-state index >= 15 is 0 Å². The normalized spacial score (nSPS) is 19.4. The van der Waals surface area contributed by atoms with Crippen LogP contribution < -0.4 is 5.32 Å². The Bertz CT molecular complexity index is 426.